The van der Waals surface area contributed by atoms with E-state index in [1.165, 1.54) is 0 Å². The SMILES string of the molecule is COc1ccc(/C=N/NC(=O)c2ccncc2)cc1.O. The number of carbonyl (C=O) groups is 1. The van der Waals surface area contributed by atoms with Crippen molar-refractivity contribution in [2.24, 2.45) is 5.10 Å². The molecular weight excluding hydrogens is 258 g/mol. The van der Waals surface area contributed by atoms with E-state index < -0.39 is 0 Å². The topological polar surface area (TPSA) is 95.1 Å². The summed E-state index contributed by atoms with van der Waals surface area (Å²) in [6, 6.07) is 10.6. The lowest BCUT2D eigenvalue weighted by molar-refractivity contribution is 0.0955. The predicted octanol–water partition coefficient (Wildman–Crippen LogP) is 1.03. The minimum atomic E-state index is -0.271. The van der Waals surface area contributed by atoms with Gasteiger partial charge in [-0.05, 0) is 42.0 Å². The third kappa shape index (κ3) is 4.18. The third-order valence-electron chi connectivity index (χ3n) is 2.44. The number of ether oxygens (including phenoxy) is 1. The van der Waals surface area contributed by atoms with E-state index in [4.69, 9.17) is 4.74 Å². The Morgan fingerprint density at radius 2 is 1.85 bits per heavy atom. The van der Waals surface area contributed by atoms with Crippen LogP contribution in [0, 0.1) is 0 Å². The van der Waals surface area contributed by atoms with Crippen LogP contribution in [0.3, 0.4) is 0 Å². The zero-order valence-electron chi connectivity index (χ0n) is 10.9. The van der Waals surface area contributed by atoms with E-state index in [0.717, 1.165) is 11.3 Å². The Morgan fingerprint density at radius 3 is 2.45 bits per heavy atom. The number of hydrogen-bond acceptors (Lipinski definition) is 4. The molecule has 0 aliphatic carbocycles. The van der Waals surface area contributed by atoms with E-state index in [0.29, 0.717) is 5.56 Å². The molecule has 1 heterocycles. The van der Waals surface area contributed by atoms with Crippen molar-refractivity contribution in [2.45, 2.75) is 0 Å². The van der Waals surface area contributed by atoms with Gasteiger partial charge in [0.15, 0.2) is 0 Å². The molecule has 0 saturated carbocycles. The van der Waals surface area contributed by atoms with Crippen molar-refractivity contribution < 1.29 is 15.0 Å². The Labute approximate surface area is 116 Å². The van der Waals surface area contributed by atoms with Crippen molar-refractivity contribution in [3.8, 4) is 5.75 Å². The maximum absolute atomic E-state index is 11.7. The molecule has 6 nitrogen and oxygen atoms in total. The number of nitrogens with zero attached hydrogens (tertiary/aromatic N) is 2. The molecule has 0 unspecified atom stereocenters. The zero-order chi connectivity index (χ0) is 13.5. The van der Waals surface area contributed by atoms with Gasteiger partial charge in [-0.25, -0.2) is 5.43 Å². The van der Waals surface area contributed by atoms with Gasteiger partial charge in [-0.3, -0.25) is 9.78 Å². The molecule has 0 saturated heterocycles. The first-order chi connectivity index (χ1) is 9.29. The van der Waals surface area contributed by atoms with E-state index in [9.17, 15) is 4.79 Å². The van der Waals surface area contributed by atoms with Gasteiger partial charge in [0, 0.05) is 18.0 Å². The Bertz CT molecular complexity index is 568. The third-order valence-corrected chi connectivity index (χ3v) is 2.44. The van der Waals surface area contributed by atoms with Gasteiger partial charge in [0.2, 0.25) is 0 Å². The van der Waals surface area contributed by atoms with E-state index in [1.807, 2.05) is 24.3 Å². The van der Waals surface area contributed by atoms with Crippen LogP contribution in [0.25, 0.3) is 0 Å². The van der Waals surface area contributed by atoms with Crippen molar-refractivity contribution in [3.63, 3.8) is 0 Å². The summed E-state index contributed by atoms with van der Waals surface area (Å²) in [4.78, 5) is 15.5. The number of methoxy groups -OCH3 is 1. The number of rotatable bonds is 4. The maximum atomic E-state index is 11.7. The van der Waals surface area contributed by atoms with Crippen molar-refractivity contribution in [1.82, 2.24) is 10.4 Å². The lowest BCUT2D eigenvalue weighted by Gasteiger charge is -2.00. The lowest BCUT2D eigenvalue weighted by Crippen LogP contribution is -2.17. The van der Waals surface area contributed by atoms with Crippen molar-refractivity contribution in [3.05, 3.63) is 59.9 Å². The molecule has 20 heavy (non-hydrogen) atoms. The molecular formula is C14H15N3O3. The second kappa shape index (κ2) is 7.65. The Morgan fingerprint density at radius 1 is 1.20 bits per heavy atom. The molecule has 2 aromatic rings. The number of pyridine rings is 1. The second-order valence-electron chi connectivity index (χ2n) is 3.71. The number of aromatic nitrogens is 1. The van der Waals surface area contributed by atoms with Gasteiger partial charge in [0.05, 0.1) is 13.3 Å². The van der Waals surface area contributed by atoms with E-state index in [-0.39, 0.29) is 11.4 Å². The molecule has 0 aliphatic rings. The number of benzene rings is 1. The fourth-order valence-electron chi connectivity index (χ4n) is 1.42. The summed E-state index contributed by atoms with van der Waals surface area (Å²) in [7, 11) is 1.61. The summed E-state index contributed by atoms with van der Waals surface area (Å²) < 4.78 is 5.05. The van der Waals surface area contributed by atoms with Crippen LogP contribution in [-0.2, 0) is 0 Å². The summed E-state index contributed by atoms with van der Waals surface area (Å²) in [5, 5.41) is 3.89. The molecule has 3 N–H and O–H groups in total. The molecule has 1 aromatic heterocycles. The molecule has 104 valence electrons. The first-order valence-electron chi connectivity index (χ1n) is 5.67. The van der Waals surface area contributed by atoms with E-state index in [1.54, 1.807) is 37.9 Å². The van der Waals surface area contributed by atoms with Crippen LogP contribution in [0.15, 0.2) is 53.9 Å². The van der Waals surface area contributed by atoms with Crippen LogP contribution in [-0.4, -0.2) is 29.7 Å². The average molecular weight is 273 g/mol. The van der Waals surface area contributed by atoms with Gasteiger partial charge in [-0.1, -0.05) is 0 Å². The van der Waals surface area contributed by atoms with Gasteiger partial charge in [-0.2, -0.15) is 5.10 Å². The van der Waals surface area contributed by atoms with E-state index in [2.05, 4.69) is 15.5 Å². The number of nitrogens with one attached hydrogen (secondary N) is 1. The normalized spacial score (nSPS) is 9.85. The zero-order valence-corrected chi connectivity index (χ0v) is 10.9. The van der Waals surface area contributed by atoms with Gasteiger partial charge < -0.3 is 10.2 Å². The lowest BCUT2D eigenvalue weighted by atomic mass is 10.2. The Kier molecular flexibility index (Phi) is 5.86. The molecule has 0 atom stereocenters. The summed E-state index contributed by atoms with van der Waals surface area (Å²) in [5.74, 6) is 0.505. The maximum Gasteiger partial charge on any atom is 0.271 e. The van der Waals surface area contributed by atoms with Crippen LogP contribution in [0.5, 0.6) is 5.75 Å². The van der Waals surface area contributed by atoms with Crippen molar-refractivity contribution >= 4 is 12.1 Å². The fraction of sp³-hybridized carbons (Fsp3) is 0.0714. The highest BCUT2D eigenvalue weighted by atomic mass is 16.5. The Balaban J connectivity index is 0.00000200. The number of hydrogen-bond donors (Lipinski definition) is 1. The van der Waals surface area contributed by atoms with Crippen molar-refractivity contribution in [2.75, 3.05) is 7.11 Å². The molecule has 1 aromatic carbocycles. The van der Waals surface area contributed by atoms with Crippen molar-refractivity contribution in [1.29, 1.82) is 0 Å². The summed E-state index contributed by atoms with van der Waals surface area (Å²) in [6.45, 7) is 0. The molecule has 0 bridgehead atoms. The number of hydrazone groups is 1. The quantitative estimate of drug-likeness (QED) is 0.665. The molecule has 1 amide bonds. The smallest absolute Gasteiger partial charge is 0.271 e. The fourth-order valence-corrected chi connectivity index (χ4v) is 1.42. The van der Waals surface area contributed by atoms with Crippen LogP contribution in [0.2, 0.25) is 0 Å². The summed E-state index contributed by atoms with van der Waals surface area (Å²) in [5.41, 5.74) is 3.83. The Hall–Kier alpha value is -2.73. The number of carbonyl (C=O) groups excluding carboxylic acids is 1. The van der Waals surface area contributed by atoms with E-state index >= 15 is 0 Å². The molecule has 6 heteroatoms. The summed E-state index contributed by atoms with van der Waals surface area (Å²) >= 11 is 0. The van der Waals surface area contributed by atoms with Gasteiger partial charge in [-0.15, -0.1) is 0 Å². The van der Waals surface area contributed by atoms with Crippen LogP contribution >= 0.6 is 0 Å². The highest BCUT2D eigenvalue weighted by molar-refractivity contribution is 5.94. The second-order valence-corrected chi connectivity index (χ2v) is 3.71. The molecule has 0 aliphatic heterocycles. The first-order valence-corrected chi connectivity index (χ1v) is 5.67. The highest BCUT2D eigenvalue weighted by Crippen LogP contribution is 2.09. The van der Waals surface area contributed by atoms with Gasteiger partial charge >= 0.3 is 0 Å². The number of amides is 1. The minimum absolute atomic E-state index is 0. The minimum Gasteiger partial charge on any atom is -0.497 e. The van der Waals surface area contributed by atoms with Gasteiger partial charge in [0.1, 0.15) is 5.75 Å². The predicted molar refractivity (Wildman–Crippen MR) is 75.9 cm³/mol. The average Bonchev–Trinajstić information content (AvgIpc) is 2.49. The molecule has 0 spiro atoms. The standard InChI is InChI=1S/C14H13N3O2.H2O/c1-19-13-4-2-11(3-5-13)10-16-17-14(18)12-6-8-15-9-7-12;/h2-10H,1H3,(H,17,18);1H2/b16-10+;. The molecule has 0 fully saturated rings. The van der Waals surface area contributed by atoms with Crippen LogP contribution in [0.1, 0.15) is 15.9 Å². The monoisotopic (exact) mass is 273 g/mol. The largest absolute Gasteiger partial charge is 0.497 e. The highest BCUT2D eigenvalue weighted by Gasteiger charge is 2.01. The van der Waals surface area contributed by atoms with Gasteiger partial charge in [0.25, 0.3) is 5.91 Å². The summed E-state index contributed by atoms with van der Waals surface area (Å²) in [6.07, 6.45) is 4.68. The van der Waals surface area contributed by atoms with Crippen LogP contribution in [0.4, 0.5) is 0 Å². The van der Waals surface area contributed by atoms with Crippen LogP contribution < -0.4 is 10.2 Å². The molecule has 0 radical (unpaired) electrons. The first kappa shape index (κ1) is 15.3. The molecule has 2 rings (SSSR count).